The second-order valence-electron chi connectivity index (χ2n) is 3.72. The van der Waals surface area contributed by atoms with Gasteiger partial charge in [0.2, 0.25) is 0 Å². The zero-order valence-electron chi connectivity index (χ0n) is 8.57. The van der Waals surface area contributed by atoms with E-state index in [0.717, 1.165) is 6.26 Å². The number of hydrogen-bond acceptors (Lipinski definition) is 4. The van der Waals surface area contributed by atoms with Crippen LogP contribution in [-0.4, -0.2) is 25.2 Å². The zero-order chi connectivity index (χ0) is 11.9. The molecular formula is C9H11ClO3S2. The highest BCUT2D eigenvalue weighted by molar-refractivity contribution is 7.92. The first kappa shape index (κ1) is 12.7. The summed E-state index contributed by atoms with van der Waals surface area (Å²) < 4.78 is 21.8. The SMILES string of the molecule is CC(C)(C(=O)c1ccsc1Cl)S(C)(=O)=O. The van der Waals surface area contributed by atoms with Crippen LogP contribution in [0.3, 0.4) is 0 Å². The largest absolute Gasteiger partial charge is 0.292 e. The van der Waals surface area contributed by atoms with Crippen LogP contribution in [0.1, 0.15) is 24.2 Å². The third-order valence-corrected chi connectivity index (χ3v) is 5.55. The Balaban J connectivity index is 3.23. The molecule has 0 bridgehead atoms. The Morgan fingerprint density at radius 1 is 1.47 bits per heavy atom. The topological polar surface area (TPSA) is 51.2 Å². The number of Topliss-reactive ketones (excluding diaryl/α,β-unsaturated/α-hetero) is 1. The van der Waals surface area contributed by atoms with Gasteiger partial charge in [0.1, 0.15) is 9.08 Å². The number of halogens is 1. The Kier molecular flexibility index (Phi) is 3.28. The van der Waals surface area contributed by atoms with E-state index in [1.807, 2.05) is 0 Å². The van der Waals surface area contributed by atoms with Crippen molar-refractivity contribution in [2.24, 2.45) is 0 Å². The van der Waals surface area contributed by atoms with E-state index in [-0.39, 0.29) is 5.56 Å². The van der Waals surface area contributed by atoms with Gasteiger partial charge in [-0.2, -0.15) is 0 Å². The Hall–Kier alpha value is -0.390. The van der Waals surface area contributed by atoms with Gasteiger partial charge in [0.05, 0.1) is 0 Å². The summed E-state index contributed by atoms with van der Waals surface area (Å²) in [7, 11) is -3.45. The van der Waals surface area contributed by atoms with Crippen LogP contribution in [0.25, 0.3) is 0 Å². The van der Waals surface area contributed by atoms with Crippen molar-refractivity contribution in [2.45, 2.75) is 18.6 Å². The third kappa shape index (κ3) is 2.24. The third-order valence-electron chi connectivity index (χ3n) is 2.34. The lowest BCUT2D eigenvalue weighted by Crippen LogP contribution is -2.39. The molecule has 0 saturated heterocycles. The maximum Gasteiger partial charge on any atom is 0.185 e. The number of sulfone groups is 1. The maximum absolute atomic E-state index is 11.9. The fourth-order valence-corrected chi connectivity index (χ4v) is 2.31. The Labute approximate surface area is 98.0 Å². The van der Waals surface area contributed by atoms with E-state index in [9.17, 15) is 13.2 Å². The van der Waals surface area contributed by atoms with Crippen LogP contribution in [0.15, 0.2) is 11.4 Å². The predicted octanol–water partition coefficient (Wildman–Crippen LogP) is 2.41. The summed E-state index contributed by atoms with van der Waals surface area (Å²) in [5.74, 6) is -0.462. The summed E-state index contributed by atoms with van der Waals surface area (Å²) in [6, 6.07) is 1.54. The van der Waals surface area contributed by atoms with Crippen molar-refractivity contribution in [1.82, 2.24) is 0 Å². The minimum Gasteiger partial charge on any atom is -0.292 e. The van der Waals surface area contributed by atoms with E-state index in [1.165, 1.54) is 25.2 Å². The van der Waals surface area contributed by atoms with Crippen LogP contribution in [0.2, 0.25) is 4.34 Å². The number of hydrogen-bond donors (Lipinski definition) is 0. The predicted molar refractivity (Wildman–Crippen MR) is 62.6 cm³/mol. The molecule has 0 aliphatic rings. The van der Waals surface area contributed by atoms with Crippen molar-refractivity contribution in [3.05, 3.63) is 21.3 Å². The van der Waals surface area contributed by atoms with Crippen molar-refractivity contribution in [3.63, 3.8) is 0 Å². The minimum atomic E-state index is -3.45. The molecule has 0 aromatic carbocycles. The zero-order valence-corrected chi connectivity index (χ0v) is 11.0. The van der Waals surface area contributed by atoms with E-state index in [1.54, 1.807) is 11.4 Å². The average Bonchev–Trinajstić information content (AvgIpc) is 2.48. The van der Waals surface area contributed by atoms with Crippen molar-refractivity contribution in [1.29, 1.82) is 0 Å². The molecule has 0 spiro atoms. The Morgan fingerprint density at radius 3 is 2.33 bits per heavy atom. The van der Waals surface area contributed by atoms with Gasteiger partial charge in [-0.3, -0.25) is 4.79 Å². The molecule has 0 saturated carbocycles. The first-order valence-corrected chi connectivity index (χ1v) is 7.30. The van der Waals surface area contributed by atoms with E-state index in [4.69, 9.17) is 11.6 Å². The molecule has 3 nitrogen and oxygen atoms in total. The van der Waals surface area contributed by atoms with Crippen LogP contribution in [0.4, 0.5) is 0 Å². The van der Waals surface area contributed by atoms with Crippen molar-refractivity contribution >= 4 is 38.6 Å². The lowest BCUT2D eigenvalue weighted by atomic mass is 10.0. The summed E-state index contributed by atoms with van der Waals surface area (Å²) in [6.45, 7) is 2.78. The van der Waals surface area contributed by atoms with Crippen molar-refractivity contribution in [3.8, 4) is 0 Å². The summed E-state index contributed by atoms with van der Waals surface area (Å²) in [6.07, 6.45) is 1.05. The molecule has 1 aromatic heterocycles. The van der Waals surface area contributed by atoms with E-state index in [0.29, 0.717) is 4.34 Å². The molecule has 0 aliphatic carbocycles. The highest BCUT2D eigenvalue weighted by Gasteiger charge is 2.39. The summed E-state index contributed by atoms with van der Waals surface area (Å²) in [5, 5.41) is 1.66. The molecule has 0 unspecified atom stereocenters. The lowest BCUT2D eigenvalue weighted by molar-refractivity contribution is 0.0954. The van der Waals surface area contributed by atoms with Gasteiger partial charge in [-0.05, 0) is 25.3 Å². The second kappa shape index (κ2) is 3.88. The molecule has 1 rings (SSSR count). The molecule has 15 heavy (non-hydrogen) atoms. The van der Waals surface area contributed by atoms with Gasteiger partial charge >= 0.3 is 0 Å². The molecule has 1 aromatic rings. The van der Waals surface area contributed by atoms with E-state index >= 15 is 0 Å². The summed E-state index contributed by atoms with van der Waals surface area (Å²) in [5.41, 5.74) is 0.275. The minimum absolute atomic E-state index is 0.275. The highest BCUT2D eigenvalue weighted by Crippen LogP contribution is 2.29. The molecule has 0 atom stereocenters. The summed E-state index contributed by atoms with van der Waals surface area (Å²) in [4.78, 5) is 11.9. The van der Waals surface area contributed by atoms with Gasteiger partial charge in [-0.15, -0.1) is 11.3 Å². The highest BCUT2D eigenvalue weighted by atomic mass is 35.5. The van der Waals surface area contributed by atoms with Crippen LogP contribution in [0, 0.1) is 0 Å². The summed E-state index contributed by atoms with van der Waals surface area (Å²) >= 11 is 7.00. The first-order chi connectivity index (χ1) is 6.68. The van der Waals surface area contributed by atoms with Gasteiger partial charge in [0, 0.05) is 11.8 Å². The Morgan fingerprint density at radius 2 is 2.00 bits per heavy atom. The van der Waals surface area contributed by atoms with Crippen molar-refractivity contribution in [2.75, 3.05) is 6.26 Å². The smallest absolute Gasteiger partial charge is 0.185 e. The number of rotatable bonds is 3. The second-order valence-corrected chi connectivity index (χ2v) is 7.80. The van der Waals surface area contributed by atoms with Crippen LogP contribution in [-0.2, 0) is 9.84 Å². The van der Waals surface area contributed by atoms with Gasteiger partial charge in [-0.25, -0.2) is 8.42 Å². The fourth-order valence-electron chi connectivity index (χ4n) is 0.948. The first-order valence-electron chi connectivity index (χ1n) is 4.15. The van der Waals surface area contributed by atoms with Crippen LogP contribution >= 0.6 is 22.9 Å². The van der Waals surface area contributed by atoms with E-state index in [2.05, 4.69) is 0 Å². The number of ketones is 1. The fraction of sp³-hybridized carbons (Fsp3) is 0.444. The molecule has 0 amide bonds. The normalized spacial score (nSPS) is 12.8. The maximum atomic E-state index is 11.9. The number of carbonyl (C=O) groups is 1. The van der Waals surface area contributed by atoms with Gasteiger partial charge < -0.3 is 0 Å². The molecule has 0 radical (unpaired) electrons. The monoisotopic (exact) mass is 266 g/mol. The standard InChI is InChI=1S/C9H11ClO3S2/c1-9(2,15(3,12)13)7(11)6-4-5-14-8(6)10/h4-5H,1-3H3. The molecule has 0 fully saturated rings. The molecule has 84 valence electrons. The quantitative estimate of drug-likeness (QED) is 0.790. The van der Waals surface area contributed by atoms with Crippen LogP contribution < -0.4 is 0 Å². The molecule has 0 aliphatic heterocycles. The van der Waals surface area contributed by atoms with Crippen LogP contribution in [0.5, 0.6) is 0 Å². The number of thiophene rings is 1. The van der Waals surface area contributed by atoms with Gasteiger partial charge in [-0.1, -0.05) is 11.6 Å². The number of carbonyl (C=O) groups excluding carboxylic acids is 1. The molecule has 0 N–H and O–H groups in total. The molecular weight excluding hydrogens is 256 g/mol. The van der Waals surface area contributed by atoms with Gasteiger partial charge in [0.15, 0.2) is 15.6 Å². The molecule has 6 heteroatoms. The Bertz CT molecular complexity index is 485. The van der Waals surface area contributed by atoms with Gasteiger partial charge in [0.25, 0.3) is 0 Å². The lowest BCUT2D eigenvalue weighted by Gasteiger charge is -2.20. The molecule has 1 heterocycles. The van der Waals surface area contributed by atoms with E-state index < -0.39 is 20.4 Å². The average molecular weight is 267 g/mol. The van der Waals surface area contributed by atoms with Crippen molar-refractivity contribution < 1.29 is 13.2 Å².